The first-order valence-corrected chi connectivity index (χ1v) is 11.8. The fraction of sp³-hybridized carbons (Fsp3) is 0.115. The van der Waals surface area contributed by atoms with Crippen LogP contribution in [0.3, 0.4) is 0 Å². The fourth-order valence-corrected chi connectivity index (χ4v) is 3.95. The Morgan fingerprint density at radius 1 is 1.11 bits per heavy atom. The number of benzene rings is 3. The summed E-state index contributed by atoms with van der Waals surface area (Å²) in [6, 6.07) is 19.3. The highest BCUT2D eigenvalue weighted by atomic mass is 127. The second kappa shape index (κ2) is 12.2. The first-order chi connectivity index (χ1) is 16.8. The molecule has 3 aromatic rings. The summed E-state index contributed by atoms with van der Waals surface area (Å²) in [6.07, 6.45) is 1.45. The number of nitriles is 1. The van der Waals surface area contributed by atoms with Crippen molar-refractivity contribution in [3.05, 3.63) is 86.0 Å². The van der Waals surface area contributed by atoms with Gasteiger partial charge in [-0.15, -0.1) is 0 Å². The van der Waals surface area contributed by atoms with E-state index in [1.165, 1.54) is 13.2 Å². The monoisotopic (exact) mass is 601 g/mol. The van der Waals surface area contributed by atoms with Crippen LogP contribution in [0.15, 0.2) is 66.2 Å². The zero-order valence-corrected chi connectivity index (χ0v) is 21.8. The van der Waals surface area contributed by atoms with Crippen molar-refractivity contribution in [2.24, 2.45) is 0 Å². The van der Waals surface area contributed by atoms with Crippen LogP contribution in [0.4, 0.5) is 11.4 Å². The van der Waals surface area contributed by atoms with Crippen LogP contribution in [-0.2, 0) is 9.59 Å². The van der Waals surface area contributed by atoms with Crippen molar-refractivity contribution >= 4 is 63.5 Å². The molecule has 0 saturated carbocycles. The molecule has 35 heavy (non-hydrogen) atoms. The van der Waals surface area contributed by atoms with Crippen molar-refractivity contribution in [2.75, 3.05) is 24.4 Å². The number of carbonyl (C=O) groups excluding carboxylic acids is 2. The highest BCUT2D eigenvalue weighted by Crippen LogP contribution is 2.34. The molecule has 0 aliphatic carbocycles. The third-order valence-electron chi connectivity index (χ3n) is 4.80. The number of amides is 2. The van der Waals surface area contributed by atoms with Gasteiger partial charge in [0.05, 0.1) is 10.7 Å². The topological polar surface area (TPSA) is 100 Å². The molecule has 0 saturated heterocycles. The number of para-hydroxylation sites is 1. The molecule has 0 aliphatic heterocycles. The highest BCUT2D eigenvalue weighted by molar-refractivity contribution is 14.1. The van der Waals surface area contributed by atoms with Gasteiger partial charge in [0.2, 0.25) is 0 Å². The summed E-state index contributed by atoms with van der Waals surface area (Å²) >= 11 is 7.91. The average Bonchev–Trinajstić information content (AvgIpc) is 2.84. The summed E-state index contributed by atoms with van der Waals surface area (Å²) in [5.41, 5.74) is 2.64. The fourth-order valence-electron chi connectivity index (χ4n) is 3.05. The highest BCUT2D eigenvalue weighted by Gasteiger charge is 2.15. The maximum absolute atomic E-state index is 12.6. The van der Waals surface area contributed by atoms with Crippen molar-refractivity contribution in [3.8, 4) is 17.6 Å². The second-order valence-corrected chi connectivity index (χ2v) is 8.92. The number of hydrogen-bond donors (Lipinski definition) is 2. The first-order valence-electron chi connectivity index (χ1n) is 10.3. The van der Waals surface area contributed by atoms with Crippen molar-refractivity contribution in [3.63, 3.8) is 0 Å². The molecular weight excluding hydrogens is 581 g/mol. The van der Waals surface area contributed by atoms with E-state index in [0.717, 1.165) is 5.56 Å². The number of anilines is 2. The third-order valence-corrected chi connectivity index (χ3v) is 5.85. The Labute approximate surface area is 221 Å². The standard InChI is InChI=1S/C26H21ClIN3O4/c1-16-5-3-4-6-22(16)31-24(32)15-35-25-21(28)12-17(13-23(25)34-2)11-18(14-29)26(33)30-20-9-7-19(27)8-10-20/h3-13H,15H2,1-2H3,(H,30,33)(H,31,32)/b18-11-. The lowest BCUT2D eigenvalue weighted by Crippen LogP contribution is -2.21. The van der Waals surface area contributed by atoms with E-state index < -0.39 is 5.91 Å². The average molecular weight is 602 g/mol. The molecule has 0 radical (unpaired) electrons. The van der Waals surface area contributed by atoms with E-state index in [1.54, 1.807) is 36.4 Å². The van der Waals surface area contributed by atoms with E-state index in [4.69, 9.17) is 21.1 Å². The molecular formula is C26H21ClIN3O4. The molecule has 3 rings (SSSR count). The van der Waals surface area contributed by atoms with Crippen LogP contribution in [0.2, 0.25) is 5.02 Å². The molecule has 178 valence electrons. The minimum atomic E-state index is -0.558. The zero-order valence-electron chi connectivity index (χ0n) is 18.9. The molecule has 0 spiro atoms. The molecule has 0 atom stereocenters. The second-order valence-electron chi connectivity index (χ2n) is 7.32. The van der Waals surface area contributed by atoms with E-state index in [-0.39, 0.29) is 18.1 Å². The van der Waals surface area contributed by atoms with Crippen LogP contribution < -0.4 is 20.1 Å². The number of nitrogens with one attached hydrogen (secondary N) is 2. The number of ether oxygens (including phenoxy) is 2. The predicted molar refractivity (Wildman–Crippen MR) is 145 cm³/mol. The van der Waals surface area contributed by atoms with Crippen LogP contribution in [0.25, 0.3) is 6.08 Å². The van der Waals surface area contributed by atoms with Gasteiger partial charge in [0, 0.05) is 16.4 Å². The van der Waals surface area contributed by atoms with Gasteiger partial charge in [-0.25, -0.2) is 0 Å². The van der Waals surface area contributed by atoms with Crippen LogP contribution in [0.1, 0.15) is 11.1 Å². The Morgan fingerprint density at radius 3 is 2.49 bits per heavy atom. The van der Waals surface area contributed by atoms with Crippen LogP contribution in [0, 0.1) is 21.8 Å². The lowest BCUT2D eigenvalue weighted by molar-refractivity contribution is -0.118. The Kier molecular flexibility index (Phi) is 9.11. The van der Waals surface area contributed by atoms with E-state index in [0.29, 0.717) is 37.0 Å². The van der Waals surface area contributed by atoms with E-state index in [2.05, 4.69) is 10.6 Å². The van der Waals surface area contributed by atoms with Crippen molar-refractivity contribution < 1.29 is 19.1 Å². The summed E-state index contributed by atoms with van der Waals surface area (Å²) in [4.78, 5) is 24.9. The quantitative estimate of drug-likeness (QED) is 0.192. The van der Waals surface area contributed by atoms with Gasteiger partial charge in [0.25, 0.3) is 11.8 Å². The lowest BCUT2D eigenvalue weighted by Gasteiger charge is -2.14. The molecule has 9 heteroatoms. The van der Waals surface area contributed by atoms with Crippen LogP contribution in [-0.4, -0.2) is 25.5 Å². The summed E-state index contributed by atoms with van der Waals surface area (Å²) in [6.45, 7) is 1.68. The molecule has 0 fully saturated rings. The smallest absolute Gasteiger partial charge is 0.266 e. The van der Waals surface area contributed by atoms with Gasteiger partial charge < -0.3 is 20.1 Å². The van der Waals surface area contributed by atoms with Crippen molar-refractivity contribution in [1.29, 1.82) is 5.26 Å². The maximum atomic E-state index is 12.6. The molecule has 0 unspecified atom stereocenters. The number of rotatable bonds is 8. The minimum Gasteiger partial charge on any atom is -0.493 e. The number of aryl methyl sites for hydroxylation is 1. The number of halogens is 2. The van der Waals surface area contributed by atoms with E-state index in [9.17, 15) is 14.9 Å². The zero-order chi connectivity index (χ0) is 25.4. The Hall–Kier alpha value is -3.55. The van der Waals surface area contributed by atoms with E-state index in [1.807, 2.05) is 59.8 Å². The Morgan fingerprint density at radius 2 is 1.83 bits per heavy atom. The summed E-state index contributed by atoms with van der Waals surface area (Å²) in [5, 5.41) is 15.5. The number of carbonyl (C=O) groups is 2. The molecule has 2 N–H and O–H groups in total. The molecule has 3 aromatic carbocycles. The van der Waals surface area contributed by atoms with Crippen molar-refractivity contribution in [1.82, 2.24) is 0 Å². The Balaban J connectivity index is 1.74. The SMILES string of the molecule is COc1cc(/C=C(/C#N)C(=O)Nc2ccc(Cl)cc2)cc(I)c1OCC(=O)Nc1ccccc1C. The molecule has 2 amide bonds. The predicted octanol–water partition coefficient (Wildman–Crippen LogP) is 5.82. The van der Waals surface area contributed by atoms with Gasteiger partial charge in [0.1, 0.15) is 11.6 Å². The molecule has 0 heterocycles. The van der Waals surface area contributed by atoms with Crippen molar-refractivity contribution in [2.45, 2.75) is 6.92 Å². The van der Waals surface area contributed by atoms with Gasteiger partial charge in [-0.1, -0.05) is 29.8 Å². The number of methoxy groups -OCH3 is 1. The van der Waals surface area contributed by atoms with Gasteiger partial charge in [-0.05, 0) is 89.2 Å². The van der Waals surface area contributed by atoms with Crippen LogP contribution >= 0.6 is 34.2 Å². The number of nitrogens with zero attached hydrogens (tertiary/aromatic N) is 1. The third kappa shape index (κ3) is 7.21. The van der Waals surface area contributed by atoms with Gasteiger partial charge in [-0.3, -0.25) is 9.59 Å². The van der Waals surface area contributed by atoms with Gasteiger partial charge in [0.15, 0.2) is 18.1 Å². The van der Waals surface area contributed by atoms with Gasteiger partial charge in [-0.2, -0.15) is 5.26 Å². The van der Waals surface area contributed by atoms with Crippen LogP contribution in [0.5, 0.6) is 11.5 Å². The summed E-state index contributed by atoms with van der Waals surface area (Å²) in [7, 11) is 1.47. The largest absolute Gasteiger partial charge is 0.493 e. The normalized spacial score (nSPS) is 10.8. The summed E-state index contributed by atoms with van der Waals surface area (Å²) in [5.74, 6) is -0.125. The van der Waals surface area contributed by atoms with E-state index >= 15 is 0 Å². The molecule has 0 bridgehead atoms. The minimum absolute atomic E-state index is 0.0934. The summed E-state index contributed by atoms with van der Waals surface area (Å²) < 4.78 is 11.8. The first kappa shape index (κ1) is 26.1. The lowest BCUT2D eigenvalue weighted by atomic mass is 10.1. The number of hydrogen-bond acceptors (Lipinski definition) is 5. The molecule has 0 aliphatic rings. The molecule has 0 aromatic heterocycles. The maximum Gasteiger partial charge on any atom is 0.266 e. The Bertz CT molecular complexity index is 1320. The molecule has 7 nitrogen and oxygen atoms in total. The van der Waals surface area contributed by atoms with Gasteiger partial charge >= 0.3 is 0 Å².